The van der Waals surface area contributed by atoms with Crippen LogP contribution in [0, 0.1) is 0 Å². The van der Waals surface area contributed by atoms with Crippen molar-refractivity contribution in [3.05, 3.63) is 78.4 Å². The number of hydrogen-bond acceptors (Lipinski definition) is 9. The first kappa shape index (κ1) is 27.1. The summed E-state index contributed by atoms with van der Waals surface area (Å²) in [6.45, 7) is 2.65. The van der Waals surface area contributed by atoms with E-state index in [2.05, 4.69) is 20.4 Å². The van der Waals surface area contributed by atoms with Crippen LogP contribution in [-0.2, 0) is 4.79 Å². The molecule has 0 bridgehead atoms. The Bertz CT molecular complexity index is 1470. The summed E-state index contributed by atoms with van der Waals surface area (Å²) in [6.07, 6.45) is 0. The largest absolute Gasteiger partial charge is 0.496 e. The zero-order valence-corrected chi connectivity index (χ0v) is 23.0. The quantitative estimate of drug-likeness (QED) is 0.298. The zero-order valence-electron chi connectivity index (χ0n) is 22.2. The molecule has 1 saturated heterocycles. The molecule has 4 aromatic rings. The average molecular weight is 560 g/mol. The van der Waals surface area contributed by atoms with Gasteiger partial charge in [-0.3, -0.25) is 9.59 Å². The molecule has 0 atom stereocenters. The summed E-state index contributed by atoms with van der Waals surface area (Å²) in [5.74, 6) is 1.47. The summed E-state index contributed by atoms with van der Waals surface area (Å²) >= 11 is 1.16. The van der Waals surface area contributed by atoms with Crippen LogP contribution in [0.1, 0.15) is 10.4 Å². The highest BCUT2D eigenvalue weighted by Gasteiger charge is 2.24. The van der Waals surface area contributed by atoms with Crippen LogP contribution in [0.2, 0.25) is 0 Å². The van der Waals surface area contributed by atoms with Crippen molar-refractivity contribution in [2.24, 2.45) is 0 Å². The molecule has 40 heavy (non-hydrogen) atoms. The molecule has 10 nitrogen and oxygen atoms in total. The number of nitrogens with zero attached hydrogens (tertiary/aromatic N) is 4. The van der Waals surface area contributed by atoms with Crippen molar-refractivity contribution in [3.63, 3.8) is 0 Å². The van der Waals surface area contributed by atoms with Gasteiger partial charge in [0.25, 0.3) is 17.0 Å². The molecule has 2 heterocycles. The minimum atomic E-state index is -0.182. The minimum absolute atomic E-state index is 0.0235. The second-order valence-corrected chi connectivity index (χ2v) is 9.86. The van der Waals surface area contributed by atoms with Gasteiger partial charge in [-0.1, -0.05) is 36.0 Å². The molecule has 1 aliphatic heterocycles. The van der Waals surface area contributed by atoms with Gasteiger partial charge in [-0.2, -0.15) is 0 Å². The van der Waals surface area contributed by atoms with Crippen LogP contribution in [0.15, 0.2) is 82.4 Å². The third-order valence-electron chi connectivity index (χ3n) is 6.49. The number of rotatable bonds is 9. The van der Waals surface area contributed by atoms with Crippen LogP contribution in [0.25, 0.3) is 11.5 Å². The van der Waals surface area contributed by atoms with Crippen LogP contribution >= 0.6 is 11.8 Å². The Hall–Kier alpha value is -4.51. The molecule has 2 amide bonds. The molecule has 1 aromatic heterocycles. The van der Waals surface area contributed by atoms with Crippen molar-refractivity contribution in [2.75, 3.05) is 56.4 Å². The third-order valence-corrected chi connectivity index (χ3v) is 7.31. The molecule has 0 radical (unpaired) electrons. The van der Waals surface area contributed by atoms with Gasteiger partial charge in [-0.15, -0.1) is 10.2 Å². The van der Waals surface area contributed by atoms with Gasteiger partial charge in [-0.05, 0) is 48.5 Å². The maximum absolute atomic E-state index is 13.0. The van der Waals surface area contributed by atoms with Gasteiger partial charge >= 0.3 is 0 Å². The number of amides is 2. The van der Waals surface area contributed by atoms with Crippen molar-refractivity contribution in [3.8, 4) is 23.0 Å². The Morgan fingerprint density at radius 3 is 2.27 bits per heavy atom. The van der Waals surface area contributed by atoms with Gasteiger partial charge in [0.2, 0.25) is 5.91 Å². The summed E-state index contributed by atoms with van der Waals surface area (Å²) in [7, 11) is 3.15. The number of nitrogens with one attached hydrogen (secondary N) is 1. The molecular formula is C29H29N5O5S. The van der Waals surface area contributed by atoms with Gasteiger partial charge in [-0.25, -0.2) is 0 Å². The Kier molecular flexibility index (Phi) is 8.50. The molecule has 0 aliphatic carbocycles. The lowest BCUT2D eigenvalue weighted by Crippen LogP contribution is -2.48. The van der Waals surface area contributed by atoms with Crippen molar-refractivity contribution >= 4 is 35.0 Å². The van der Waals surface area contributed by atoms with Crippen LogP contribution in [0.4, 0.5) is 11.4 Å². The first-order chi connectivity index (χ1) is 19.6. The number of aromatic nitrogens is 2. The number of carbonyl (C=O) groups is 2. The lowest BCUT2D eigenvalue weighted by Gasteiger charge is -2.36. The molecule has 0 spiro atoms. The summed E-state index contributed by atoms with van der Waals surface area (Å²) in [6, 6.07) is 22.3. The maximum Gasteiger partial charge on any atom is 0.277 e. The predicted octanol–water partition coefficient (Wildman–Crippen LogP) is 4.45. The summed E-state index contributed by atoms with van der Waals surface area (Å²) in [5, 5.41) is 11.3. The van der Waals surface area contributed by atoms with Crippen molar-refractivity contribution in [1.82, 2.24) is 15.1 Å². The smallest absolute Gasteiger partial charge is 0.277 e. The fraction of sp³-hybridized carbons (Fsp3) is 0.241. The Labute approximate surface area is 236 Å². The molecule has 1 aliphatic rings. The van der Waals surface area contributed by atoms with Crippen LogP contribution in [0.5, 0.6) is 11.5 Å². The highest BCUT2D eigenvalue weighted by atomic mass is 32.2. The van der Waals surface area contributed by atoms with Crippen LogP contribution in [-0.4, -0.2) is 73.1 Å². The molecule has 206 valence electrons. The van der Waals surface area contributed by atoms with Gasteiger partial charge < -0.3 is 29.0 Å². The molecule has 0 unspecified atom stereocenters. The second-order valence-electron chi connectivity index (χ2n) is 8.94. The van der Waals surface area contributed by atoms with Crippen LogP contribution in [0.3, 0.4) is 0 Å². The summed E-state index contributed by atoms with van der Waals surface area (Å²) in [5.41, 5.74) is 3.00. The second kappa shape index (κ2) is 12.6. The van der Waals surface area contributed by atoms with Crippen molar-refractivity contribution in [1.29, 1.82) is 0 Å². The van der Waals surface area contributed by atoms with E-state index in [0.717, 1.165) is 17.4 Å². The number of methoxy groups -OCH3 is 2. The van der Waals surface area contributed by atoms with E-state index in [4.69, 9.17) is 13.9 Å². The fourth-order valence-electron chi connectivity index (χ4n) is 4.44. The first-order valence-corrected chi connectivity index (χ1v) is 13.7. The normalized spacial score (nSPS) is 13.2. The molecule has 11 heteroatoms. The van der Waals surface area contributed by atoms with Gasteiger partial charge in [0.1, 0.15) is 11.5 Å². The lowest BCUT2D eigenvalue weighted by atomic mass is 10.1. The number of para-hydroxylation sites is 2. The Balaban J connectivity index is 1.10. The molecular weight excluding hydrogens is 530 g/mol. The number of carbonyl (C=O) groups excluding carboxylic acids is 2. The SMILES string of the molecule is COc1ccccc1C(=O)N1CCN(c2ccc(NC(=O)CSc3nnc(-c4ccccc4OC)o3)cc2)CC1. The topological polar surface area (TPSA) is 110 Å². The Morgan fingerprint density at radius 1 is 0.875 bits per heavy atom. The summed E-state index contributed by atoms with van der Waals surface area (Å²) < 4.78 is 16.4. The van der Waals surface area contributed by atoms with Gasteiger partial charge in [0.15, 0.2) is 0 Å². The van der Waals surface area contributed by atoms with E-state index in [-0.39, 0.29) is 17.6 Å². The van der Waals surface area contributed by atoms with Crippen molar-refractivity contribution < 1.29 is 23.5 Å². The highest BCUT2D eigenvalue weighted by molar-refractivity contribution is 7.99. The van der Waals surface area contributed by atoms with E-state index < -0.39 is 0 Å². The zero-order chi connectivity index (χ0) is 27.9. The van der Waals surface area contributed by atoms with Crippen molar-refractivity contribution in [2.45, 2.75) is 5.22 Å². The molecule has 3 aromatic carbocycles. The Morgan fingerprint density at radius 2 is 1.55 bits per heavy atom. The lowest BCUT2D eigenvalue weighted by molar-refractivity contribution is -0.113. The number of anilines is 2. The molecule has 5 rings (SSSR count). The van der Waals surface area contributed by atoms with E-state index in [0.29, 0.717) is 65.6 Å². The van der Waals surface area contributed by atoms with Gasteiger partial charge in [0.05, 0.1) is 31.1 Å². The van der Waals surface area contributed by atoms with Gasteiger partial charge in [0, 0.05) is 37.6 Å². The predicted molar refractivity (Wildman–Crippen MR) is 153 cm³/mol. The van der Waals surface area contributed by atoms with E-state index in [1.165, 1.54) is 0 Å². The number of thioether (sulfide) groups is 1. The van der Waals surface area contributed by atoms with E-state index >= 15 is 0 Å². The third kappa shape index (κ3) is 6.20. The number of hydrogen-bond donors (Lipinski definition) is 1. The van der Waals surface area contributed by atoms with Crippen LogP contribution < -0.4 is 19.7 Å². The molecule has 0 saturated carbocycles. The van der Waals surface area contributed by atoms with E-state index in [1.807, 2.05) is 65.6 Å². The number of benzene rings is 3. The van der Waals surface area contributed by atoms with E-state index in [1.54, 1.807) is 26.4 Å². The van der Waals surface area contributed by atoms with E-state index in [9.17, 15) is 9.59 Å². The fourth-order valence-corrected chi connectivity index (χ4v) is 5.00. The molecule has 1 fully saturated rings. The monoisotopic (exact) mass is 559 g/mol. The average Bonchev–Trinajstić information content (AvgIpc) is 3.49. The maximum atomic E-state index is 13.0. The molecule has 1 N–H and O–H groups in total. The number of piperazine rings is 1. The highest BCUT2D eigenvalue weighted by Crippen LogP contribution is 2.30. The minimum Gasteiger partial charge on any atom is -0.496 e. The summed E-state index contributed by atoms with van der Waals surface area (Å²) in [4.78, 5) is 29.6. The standard InChI is InChI=1S/C29H29N5O5S/c1-37-24-9-5-3-7-22(24)27-31-32-29(39-27)40-19-26(35)30-20-11-13-21(14-12-20)33-15-17-34(18-16-33)28(36)23-8-4-6-10-25(23)38-2/h3-14H,15-19H2,1-2H3,(H,30,35). The number of ether oxygens (including phenoxy) is 2. The first-order valence-electron chi connectivity index (χ1n) is 12.7.